The Morgan fingerprint density at radius 1 is 0.571 bits per heavy atom. The molecule has 0 atom stereocenters. The van der Waals surface area contributed by atoms with Crippen LogP contribution < -0.4 is 21.5 Å². The van der Waals surface area contributed by atoms with Gasteiger partial charge in [0.05, 0.1) is 0 Å². The Morgan fingerprint density at radius 3 is 1.89 bits per heavy atom. The number of hydrogen-bond donors (Lipinski definition) is 0. The largest absolute Gasteiger partial charge is 1.00 e. The van der Waals surface area contributed by atoms with Gasteiger partial charge in [-0.05, 0) is 35.4 Å². The van der Waals surface area contributed by atoms with Crippen molar-refractivity contribution in [2.24, 2.45) is 0 Å². The Bertz CT molecular complexity index is 1080. The SMILES string of the molecule is C(=C\c1ccccc1)/C[n+]1c(/C=C/c2ccccc2)ccc2ccccc21.[Br-]. The van der Waals surface area contributed by atoms with Gasteiger partial charge >= 0.3 is 0 Å². The fraction of sp³-hybridized carbons (Fsp3) is 0.0385. The van der Waals surface area contributed by atoms with E-state index in [4.69, 9.17) is 0 Å². The van der Waals surface area contributed by atoms with Gasteiger partial charge in [0, 0.05) is 23.6 Å². The van der Waals surface area contributed by atoms with E-state index in [2.05, 4.69) is 114 Å². The van der Waals surface area contributed by atoms with E-state index in [0.717, 1.165) is 6.54 Å². The molecule has 2 heteroatoms. The smallest absolute Gasteiger partial charge is 0.213 e. The van der Waals surface area contributed by atoms with Crippen molar-refractivity contribution in [3.05, 3.63) is 120 Å². The third-order valence-corrected chi connectivity index (χ3v) is 4.62. The van der Waals surface area contributed by atoms with Crippen molar-refractivity contribution in [3.8, 4) is 0 Å². The van der Waals surface area contributed by atoms with Gasteiger partial charge in [0.2, 0.25) is 11.2 Å². The van der Waals surface area contributed by atoms with Gasteiger partial charge in [-0.1, -0.05) is 78.9 Å². The molecule has 0 N–H and O–H groups in total. The molecule has 0 aliphatic rings. The predicted octanol–water partition coefficient (Wildman–Crippen LogP) is 3.02. The summed E-state index contributed by atoms with van der Waals surface area (Å²) in [5.74, 6) is 0. The minimum absolute atomic E-state index is 0. The predicted molar refractivity (Wildman–Crippen MR) is 115 cm³/mol. The van der Waals surface area contributed by atoms with Crippen molar-refractivity contribution < 1.29 is 21.5 Å². The van der Waals surface area contributed by atoms with E-state index < -0.39 is 0 Å². The summed E-state index contributed by atoms with van der Waals surface area (Å²) >= 11 is 0. The number of allylic oxidation sites excluding steroid dienone is 1. The number of para-hydroxylation sites is 1. The van der Waals surface area contributed by atoms with Crippen LogP contribution in [0.1, 0.15) is 16.8 Å². The van der Waals surface area contributed by atoms with Gasteiger partial charge in [0.1, 0.15) is 0 Å². The highest BCUT2D eigenvalue weighted by Gasteiger charge is 2.11. The summed E-state index contributed by atoms with van der Waals surface area (Å²) in [5.41, 5.74) is 4.86. The maximum absolute atomic E-state index is 2.36. The Balaban J connectivity index is 0.00000225. The first-order valence-corrected chi connectivity index (χ1v) is 9.26. The topological polar surface area (TPSA) is 3.88 Å². The van der Waals surface area contributed by atoms with E-state index >= 15 is 0 Å². The normalized spacial score (nSPS) is 11.1. The van der Waals surface area contributed by atoms with Crippen LogP contribution in [-0.2, 0) is 6.54 Å². The van der Waals surface area contributed by atoms with Crippen molar-refractivity contribution in [1.82, 2.24) is 0 Å². The second kappa shape index (κ2) is 9.82. The Labute approximate surface area is 177 Å². The number of halogens is 1. The number of rotatable bonds is 5. The van der Waals surface area contributed by atoms with Crippen molar-refractivity contribution in [1.29, 1.82) is 0 Å². The van der Waals surface area contributed by atoms with Crippen molar-refractivity contribution >= 4 is 29.1 Å². The molecule has 0 saturated carbocycles. The van der Waals surface area contributed by atoms with E-state index in [1.54, 1.807) is 0 Å². The molecule has 1 aromatic heterocycles. The standard InChI is InChI=1S/C26H22N.BrH/c1-3-10-22(11-4-1)14-9-21-27-25(19-17-23-12-5-2-6-13-23)20-18-24-15-7-8-16-26(24)27;/h1-20H,21H2;1H/q+1;/p-1/b14-9+,19-17+;. The molecule has 0 aliphatic heterocycles. The second-order valence-corrected chi connectivity index (χ2v) is 6.48. The minimum Gasteiger partial charge on any atom is -1.00 e. The quantitative estimate of drug-likeness (QED) is 0.431. The van der Waals surface area contributed by atoms with E-state index in [-0.39, 0.29) is 17.0 Å². The zero-order valence-electron chi connectivity index (χ0n) is 15.6. The summed E-state index contributed by atoms with van der Waals surface area (Å²) in [6.07, 6.45) is 8.76. The summed E-state index contributed by atoms with van der Waals surface area (Å²) in [4.78, 5) is 0. The van der Waals surface area contributed by atoms with Crippen molar-refractivity contribution in [2.45, 2.75) is 6.54 Å². The number of hydrogen-bond acceptors (Lipinski definition) is 0. The van der Waals surface area contributed by atoms with Gasteiger partial charge in [-0.15, -0.1) is 0 Å². The Morgan fingerprint density at radius 2 is 1.18 bits per heavy atom. The van der Waals surface area contributed by atoms with Crippen molar-refractivity contribution in [3.63, 3.8) is 0 Å². The maximum atomic E-state index is 2.36. The van der Waals surface area contributed by atoms with E-state index in [1.165, 1.54) is 27.7 Å². The first-order chi connectivity index (χ1) is 13.4. The Kier molecular flexibility index (Phi) is 6.94. The highest BCUT2D eigenvalue weighted by molar-refractivity contribution is 5.77. The monoisotopic (exact) mass is 427 g/mol. The van der Waals surface area contributed by atoms with Crippen LogP contribution in [0, 0.1) is 0 Å². The molecule has 0 unspecified atom stereocenters. The Hall–Kier alpha value is -2.97. The van der Waals surface area contributed by atoms with Crippen LogP contribution >= 0.6 is 0 Å². The number of pyridine rings is 1. The van der Waals surface area contributed by atoms with Gasteiger partial charge < -0.3 is 17.0 Å². The first-order valence-electron chi connectivity index (χ1n) is 9.26. The zero-order valence-corrected chi connectivity index (χ0v) is 17.2. The fourth-order valence-corrected chi connectivity index (χ4v) is 3.23. The molecule has 3 aromatic carbocycles. The number of aromatic nitrogens is 1. The number of benzene rings is 3. The molecule has 0 amide bonds. The fourth-order valence-electron chi connectivity index (χ4n) is 3.23. The second-order valence-electron chi connectivity index (χ2n) is 6.48. The molecule has 1 heterocycles. The maximum Gasteiger partial charge on any atom is 0.213 e. The molecule has 1 nitrogen and oxygen atoms in total. The lowest BCUT2D eigenvalue weighted by molar-refractivity contribution is -0.662. The van der Waals surface area contributed by atoms with E-state index in [0.29, 0.717) is 0 Å². The molecule has 0 radical (unpaired) electrons. The van der Waals surface area contributed by atoms with Gasteiger partial charge in [0.25, 0.3) is 0 Å². The average molecular weight is 428 g/mol. The lowest BCUT2D eigenvalue weighted by Gasteiger charge is -2.03. The molecule has 4 aromatic rings. The van der Waals surface area contributed by atoms with Gasteiger partial charge in [-0.25, -0.2) is 0 Å². The number of nitrogens with zero attached hydrogens (tertiary/aromatic N) is 1. The molecule has 138 valence electrons. The van der Waals surface area contributed by atoms with Crippen LogP contribution in [0.15, 0.2) is 103 Å². The first kappa shape index (κ1) is 19.8. The van der Waals surface area contributed by atoms with Crippen molar-refractivity contribution in [2.75, 3.05) is 0 Å². The minimum atomic E-state index is 0. The average Bonchev–Trinajstić information content (AvgIpc) is 2.74. The molecular formula is C26H22BrN. The van der Waals surface area contributed by atoms with Crippen LogP contribution in [0.2, 0.25) is 0 Å². The van der Waals surface area contributed by atoms with Crippen LogP contribution in [0.3, 0.4) is 0 Å². The molecular weight excluding hydrogens is 406 g/mol. The lowest BCUT2D eigenvalue weighted by Crippen LogP contribution is -3.00. The lowest BCUT2D eigenvalue weighted by atomic mass is 10.1. The molecule has 0 fully saturated rings. The van der Waals surface area contributed by atoms with E-state index in [9.17, 15) is 0 Å². The molecule has 0 saturated heterocycles. The van der Waals surface area contributed by atoms with Crippen LogP contribution in [0.5, 0.6) is 0 Å². The van der Waals surface area contributed by atoms with Crippen LogP contribution in [0.4, 0.5) is 0 Å². The highest BCUT2D eigenvalue weighted by Crippen LogP contribution is 2.13. The summed E-state index contributed by atoms with van der Waals surface area (Å²) in [5, 5.41) is 1.25. The molecule has 28 heavy (non-hydrogen) atoms. The molecule has 0 aliphatic carbocycles. The van der Waals surface area contributed by atoms with E-state index in [1.807, 2.05) is 12.1 Å². The third kappa shape index (κ3) is 4.85. The van der Waals surface area contributed by atoms with Crippen LogP contribution in [-0.4, -0.2) is 0 Å². The molecule has 4 rings (SSSR count). The van der Waals surface area contributed by atoms with Crippen LogP contribution in [0.25, 0.3) is 29.1 Å². The van der Waals surface area contributed by atoms with Gasteiger partial charge in [-0.2, -0.15) is 4.57 Å². The van der Waals surface area contributed by atoms with Gasteiger partial charge in [0.15, 0.2) is 6.54 Å². The summed E-state index contributed by atoms with van der Waals surface area (Å²) in [6.45, 7) is 0.824. The molecule has 0 bridgehead atoms. The van der Waals surface area contributed by atoms with Gasteiger partial charge in [-0.3, -0.25) is 0 Å². The number of fused-ring (bicyclic) bond motifs is 1. The molecule has 0 spiro atoms. The zero-order chi connectivity index (χ0) is 18.3. The summed E-state index contributed by atoms with van der Waals surface area (Å²) < 4.78 is 2.36. The highest BCUT2D eigenvalue weighted by atomic mass is 79.9. The summed E-state index contributed by atoms with van der Waals surface area (Å²) in [6, 6.07) is 33.8. The third-order valence-electron chi connectivity index (χ3n) is 4.62. The summed E-state index contributed by atoms with van der Waals surface area (Å²) in [7, 11) is 0.